The van der Waals surface area contributed by atoms with Crippen LogP contribution in [0.4, 0.5) is 0 Å². The van der Waals surface area contributed by atoms with E-state index in [1.807, 2.05) is 79.9 Å². The van der Waals surface area contributed by atoms with Gasteiger partial charge in [0.05, 0.1) is 5.54 Å². The summed E-state index contributed by atoms with van der Waals surface area (Å²) in [6.45, 7) is 8.42. The quantitative estimate of drug-likeness (QED) is 0.191. The summed E-state index contributed by atoms with van der Waals surface area (Å²) in [4.78, 5) is 7.26. The van der Waals surface area contributed by atoms with Crippen LogP contribution in [0.25, 0.3) is 33.1 Å². The molecule has 0 saturated heterocycles. The van der Waals surface area contributed by atoms with E-state index in [2.05, 4.69) is 67.8 Å². The highest BCUT2D eigenvalue weighted by Gasteiger charge is 2.35. The Bertz CT molecular complexity index is 1860. The lowest BCUT2D eigenvalue weighted by atomic mass is 9.84. The van der Waals surface area contributed by atoms with Gasteiger partial charge in [0.2, 0.25) is 0 Å². The Labute approximate surface area is 234 Å². The minimum absolute atomic E-state index is 0.181. The summed E-state index contributed by atoms with van der Waals surface area (Å²) in [6.07, 6.45) is 6.30. The molecule has 1 heterocycles. The van der Waals surface area contributed by atoms with Crippen LogP contribution in [0.1, 0.15) is 25.0 Å². The molecular formula is C36H29N3O. The van der Waals surface area contributed by atoms with Gasteiger partial charge in [-0.25, -0.2) is 4.99 Å². The molecule has 4 heteroatoms. The van der Waals surface area contributed by atoms with Crippen LogP contribution in [0.2, 0.25) is 0 Å². The van der Waals surface area contributed by atoms with Gasteiger partial charge in [-0.15, -0.1) is 0 Å². The number of amidine groups is 2. The number of furan rings is 1. The minimum Gasteiger partial charge on any atom is -0.447 e. The average Bonchev–Trinajstić information content (AvgIpc) is 3.37. The van der Waals surface area contributed by atoms with Gasteiger partial charge in [-0.3, -0.25) is 5.41 Å². The lowest BCUT2D eigenvalue weighted by molar-refractivity contribution is 0.341. The number of rotatable bonds is 4. The van der Waals surface area contributed by atoms with Gasteiger partial charge in [0.1, 0.15) is 11.4 Å². The van der Waals surface area contributed by atoms with Crippen LogP contribution in [0, 0.1) is 17.5 Å². The molecule has 0 saturated carbocycles. The first-order valence-corrected chi connectivity index (χ1v) is 13.2. The summed E-state index contributed by atoms with van der Waals surface area (Å²) in [5.41, 5.74) is 6.66. The molecule has 0 bridgehead atoms. The van der Waals surface area contributed by atoms with E-state index in [1.165, 1.54) is 0 Å². The number of aliphatic imine (C=N–C) groups is 1. The Morgan fingerprint density at radius 2 is 1.73 bits per heavy atom. The van der Waals surface area contributed by atoms with Crippen molar-refractivity contribution in [1.29, 1.82) is 5.41 Å². The first-order chi connectivity index (χ1) is 19.4. The summed E-state index contributed by atoms with van der Waals surface area (Å²) in [6, 6.07) is 34.0. The van der Waals surface area contributed by atoms with Gasteiger partial charge >= 0.3 is 0 Å². The van der Waals surface area contributed by atoms with Crippen molar-refractivity contribution in [3.8, 4) is 11.1 Å². The largest absolute Gasteiger partial charge is 0.447 e. The molecule has 40 heavy (non-hydrogen) atoms. The summed E-state index contributed by atoms with van der Waals surface area (Å²) in [5, 5.41) is 10.9. The van der Waals surface area contributed by atoms with Crippen molar-refractivity contribution in [2.45, 2.75) is 19.4 Å². The van der Waals surface area contributed by atoms with Gasteiger partial charge in [0.15, 0.2) is 11.4 Å². The van der Waals surface area contributed by atoms with Crippen molar-refractivity contribution in [3.05, 3.63) is 144 Å². The smallest absolute Gasteiger partial charge is 0.185 e. The van der Waals surface area contributed by atoms with Gasteiger partial charge in [0, 0.05) is 28.9 Å². The van der Waals surface area contributed by atoms with Gasteiger partial charge in [0.25, 0.3) is 0 Å². The van der Waals surface area contributed by atoms with E-state index >= 15 is 0 Å². The second kappa shape index (κ2) is 9.87. The molecule has 1 aliphatic carbocycles. The molecule has 1 atom stereocenters. The van der Waals surface area contributed by atoms with Gasteiger partial charge in [-0.1, -0.05) is 91.5 Å². The minimum atomic E-state index is -0.507. The maximum atomic E-state index is 9.08. The average molecular weight is 520 g/mol. The third-order valence-corrected chi connectivity index (χ3v) is 7.82. The Morgan fingerprint density at radius 3 is 2.45 bits per heavy atom. The topological polar surface area (TPSA) is 52.6 Å². The number of nitrogens with zero attached hydrogens (tertiary/aromatic N) is 2. The molecule has 1 aliphatic rings. The second-order valence-electron chi connectivity index (χ2n) is 10.3. The number of nitrogens with one attached hydrogen (secondary N) is 1. The SMILES string of the molecule is C=C1C=CC(C)(N(C)C(=NC(=N)c2ccccc2)c2c(-c3ccccc3)ccc3oc4c#cccc4c23)C(C)=C1. The van der Waals surface area contributed by atoms with Crippen LogP contribution >= 0.6 is 0 Å². The third-order valence-electron chi connectivity index (χ3n) is 7.82. The molecule has 0 fully saturated rings. The van der Waals surface area contributed by atoms with Crippen molar-refractivity contribution in [2.75, 3.05) is 7.05 Å². The van der Waals surface area contributed by atoms with Crippen molar-refractivity contribution in [2.24, 2.45) is 4.99 Å². The van der Waals surface area contributed by atoms with E-state index in [4.69, 9.17) is 14.8 Å². The third kappa shape index (κ3) is 4.22. The summed E-state index contributed by atoms with van der Waals surface area (Å²) in [5.74, 6) is 0.849. The predicted octanol–water partition coefficient (Wildman–Crippen LogP) is 8.39. The number of hydrogen-bond acceptors (Lipinski definition) is 2. The highest BCUT2D eigenvalue weighted by Crippen LogP contribution is 2.40. The first-order valence-electron chi connectivity index (χ1n) is 13.2. The highest BCUT2D eigenvalue weighted by molar-refractivity contribution is 6.23. The Kier molecular flexibility index (Phi) is 6.21. The van der Waals surface area contributed by atoms with E-state index in [9.17, 15) is 0 Å². The van der Waals surface area contributed by atoms with Crippen molar-refractivity contribution < 1.29 is 4.42 Å². The van der Waals surface area contributed by atoms with Crippen LogP contribution in [0.15, 0.2) is 130 Å². The zero-order valence-corrected chi connectivity index (χ0v) is 22.8. The van der Waals surface area contributed by atoms with Crippen LogP contribution < -0.4 is 0 Å². The standard InChI is InChI=1S/C36H29N3O/c1-24-21-22-36(3,25(2)23-24)39(4)35(38-34(37)27-15-9-6-10-16-27)33-28(26-13-7-5-8-14-26)19-20-31-32(33)29-17-11-12-18-30(29)40-31/h5-11,13-17,19-23,37H,1H2,2-4H3. The van der Waals surface area contributed by atoms with E-state index in [-0.39, 0.29) is 5.84 Å². The molecule has 194 valence electrons. The molecule has 4 aromatic carbocycles. The number of allylic oxidation sites excluding steroid dienone is 3. The van der Waals surface area contributed by atoms with Crippen LogP contribution in [0.5, 0.6) is 0 Å². The fourth-order valence-electron chi connectivity index (χ4n) is 5.32. The molecule has 0 radical (unpaired) electrons. The summed E-state index contributed by atoms with van der Waals surface area (Å²) >= 11 is 0. The zero-order chi connectivity index (χ0) is 27.9. The molecule has 0 spiro atoms. The zero-order valence-electron chi connectivity index (χ0n) is 22.8. The Balaban J connectivity index is 1.70. The van der Waals surface area contributed by atoms with Crippen molar-refractivity contribution in [3.63, 3.8) is 0 Å². The van der Waals surface area contributed by atoms with Gasteiger partial charge < -0.3 is 9.32 Å². The molecule has 0 amide bonds. The van der Waals surface area contributed by atoms with Crippen LogP contribution in [0.3, 0.4) is 0 Å². The molecule has 0 aliphatic heterocycles. The molecule has 1 unspecified atom stereocenters. The molecule has 4 nitrogen and oxygen atoms in total. The second-order valence-corrected chi connectivity index (χ2v) is 10.3. The van der Waals surface area contributed by atoms with E-state index in [1.54, 1.807) is 0 Å². The summed E-state index contributed by atoms with van der Waals surface area (Å²) in [7, 11) is 2.04. The van der Waals surface area contributed by atoms with Crippen LogP contribution in [-0.2, 0) is 0 Å². The molecule has 1 N–H and O–H groups in total. The van der Waals surface area contributed by atoms with E-state index in [0.29, 0.717) is 11.4 Å². The lowest BCUT2D eigenvalue weighted by Gasteiger charge is -2.42. The Morgan fingerprint density at radius 1 is 1.00 bits per heavy atom. The molecular weight excluding hydrogens is 490 g/mol. The molecule has 5 aromatic rings. The molecule has 1 aromatic heterocycles. The number of likely N-dealkylation sites (N-methyl/N-ethyl adjacent to an activating group) is 1. The van der Waals surface area contributed by atoms with E-state index in [0.717, 1.165) is 49.8 Å². The number of benzene rings is 3. The predicted molar refractivity (Wildman–Crippen MR) is 165 cm³/mol. The van der Waals surface area contributed by atoms with E-state index < -0.39 is 5.54 Å². The summed E-state index contributed by atoms with van der Waals surface area (Å²) < 4.78 is 6.26. The van der Waals surface area contributed by atoms with Crippen LogP contribution in [-0.4, -0.2) is 29.2 Å². The maximum Gasteiger partial charge on any atom is 0.185 e. The van der Waals surface area contributed by atoms with Crippen molar-refractivity contribution >= 4 is 33.6 Å². The maximum absolute atomic E-state index is 9.08. The monoisotopic (exact) mass is 519 g/mol. The van der Waals surface area contributed by atoms with Gasteiger partial charge in [-0.2, -0.15) is 0 Å². The number of hydrogen-bond donors (Lipinski definition) is 1. The molecule has 6 rings (SSSR count). The van der Waals surface area contributed by atoms with Gasteiger partial charge in [-0.05, 0) is 66.5 Å². The normalized spacial score (nSPS) is 17.1. The first kappa shape index (κ1) is 25.2. The lowest BCUT2D eigenvalue weighted by Crippen LogP contribution is -2.48. The highest BCUT2D eigenvalue weighted by atomic mass is 16.3. The number of fused-ring (bicyclic) bond motifs is 3. The fourth-order valence-corrected chi connectivity index (χ4v) is 5.32. The fraction of sp³-hybridized carbons (Fsp3) is 0.111. The Hall–Kier alpha value is -5.14. The van der Waals surface area contributed by atoms with Crippen molar-refractivity contribution in [1.82, 2.24) is 4.90 Å².